The van der Waals surface area contributed by atoms with Crippen molar-refractivity contribution in [2.45, 2.75) is 45.4 Å². The maximum absolute atomic E-state index is 2.45. The van der Waals surface area contributed by atoms with Crippen LogP contribution in [0.5, 0.6) is 0 Å². The van der Waals surface area contributed by atoms with Crippen LogP contribution < -0.4 is 4.90 Å². The highest BCUT2D eigenvalue weighted by Gasteiger charge is 2.38. The van der Waals surface area contributed by atoms with Crippen LogP contribution in [0.3, 0.4) is 0 Å². The summed E-state index contributed by atoms with van der Waals surface area (Å²) >= 11 is 0. The van der Waals surface area contributed by atoms with Gasteiger partial charge in [-0.25, -0.2) is 0 Å². The van der Waals surface area contributed by atoms with Gasteiger partial charge in [0.2, 0.25) is 0 Å². The van der Waals surface area contributed by atoms with Crippen molar-refractivity contribution in [2.75, 3.05) is 4.90 Å². The number of fused-ring (bicyclic) bond motifs is 9. The summed E-state index contributed by atoms with van der Waals surface area (Å²) in [6.07, 6.45) is 0. The van der Waals surface area contributed by atoms with Gasteiger partial charge in [0.25, 0.3) is 0 Å². The van der Waals surface area contributed by atoms with E-state index in [0.29, 0.717) is 0 Å². The van der Waals surface area contributed by atoms with Crippen LogP contribution in [0, 0.1) is 6.92 Å². The van der Waals surface area contributed by atoms with Gasteiger partial charge in [-0.3, -0.25) is 0 Å². The molecule has 1 heterocycles. The first-order valence-corrected chi connectivity index (χ1v) is 20.2. The van der Waals surface area contributed by atoms with Crippen LogP contribution in [-0.4, -0.2) is 4.57 Å². The number of hydrogen-bond acceptors (Lipinski definition) is 1. The number of anilines is 3. The monoisotopic (exact) mass is 732 g/mol. The third-order valence-corrected chi connectivity index (χ3v) is 13.1. The van der Waals surface area contributed by atoms with Crippen molar-refractivity contribution in [3.63, 3.8) is 0 Å². The molecule has 2 nitrogen and oxygen atoms in total. The Morgan fingerprint density at radius 3 is 1.61 bits per heavy atom. The van der Waals surface area contributed by atoms with E-state index in [1.807, 2.05) is 0 Å². The Kier molecular flexibility index (Phi) is 7.20. The first kappa shape index (κ1) is 33.7. The second-order valence-electron chi connectivity index (χ2n) is 17.1. The van der Waals surface area contributed by atoms with Crippen LogP contribution in [0.4, 0.5) is 17.1 Å². The summed E-state index contributed by atoms with van der Waals surface area (Å²) < 4.78 is 2.39. The first-order valence-electron chi connectivity index (χ1n) is 20.2. The van der Waals surface area contributed by atoms with Gasteiger partial charge < -0.3 is 9.47 Å². The minimum atomic E-state index is -0.190. The number of para-hydroxylation sites is 2. The lowest BCUT2D eigenvalue weighted by atomic mass is 9.81. The minimum Gasteiger partial charge on any atom is -0.310 e. The molecule has 2 aliphatic rings. The molecule has 1 aromatic heterocycles. The lowest BCUT2D eigenvalue weighted by molar-refractivity contribution is 0.660. The zero-order valence-corrected chi connectivity index (χ0v) is 33.1. The van der Waals surface area contributed by atoms with Crippen LogP contribution >= 0.6 is 0 Å². The quantitative estimate of drug-likeness (QED) is 0.171. The topological polar surface area (TPSA) is 8.17 Å². The lowest BCUT2D eigenvalue weighted by Gasteiger charge is -2.30. The smallest absolute Gasteiger partial charge is 0.0541 e. The van der Waals surface area contributed by atoms with E-state index in [1.165, 1.54) is 100 Å². The van der Waals surface area contributed by atoms with Crippen molar-refractivity contribution >= 4 is 38.9 Å². The maximum atomic E-state index is 2.45. The lowest BCUT2D eigenvalue weighted by Crippen LogP contribution is -2.18. The molecule has 0 unspecified atom stereocenters. The Morgan fingerprint density at radius 2 is 0.895 bits per heavy atom. The molecule has 57 heavy (non-hydrogen) atoms. The largest absolute Gasteiger partial charge is 0.310 e. The van der Waals surface area contributed by atoms with Crippen LogP contribution in [0.1, 0.15) is 55.5 Å². The number of benzene rings is 8. The molecule has 0 saturated heterocycles. The standard InChI is InChI=1S/C55H44N2/c1-35-19-23-39(24-20-35)56(40-25-28-44-42-15-9-11-17-48(42)54(2,3)50(44)33-40)41-26-29-45-43-27-21-37(32-49(43)55(4,5)51(45)34-41)36-22-30-53-47(31-36)46-16-10-12-18-52(46)57(53)38-13-7-6-8-14-38/h6-34H,1-5H3. The van der Waals surface area contributed by atoms with Crippen LogP contribution in [-0.2, 0) is 10.8 Å². The summed E-state index contributed by atoms with van der Waals surface area (Å²) in [5.74, 6) is 0. The number of rotatable bonds is 5. The van der Waals surface area contributed by atoms with Gasteiger partial charge in [0, 0.05) is 44.4 Å². The molecule has 0 amide bonds. The summed E-state index contributed by atoms with van der Waals surface area (Å²) in [5.41, 5.74) is 21.5. The number of hydrogen-bond donors (Lipinski definition) is 0. The van der Waals surface area contributed by atoms with Crippen molar-refractivity contribution in [3.05, 3.63) is 204 Å². The Labute approximate surface area is 335 Å². The van der Waals surface area contributed by atoms with E-state index >= 15 is 0 Å². The average molecular weight is 733 g/mol. The summed E-state index contributed by atoms with van der Waals surface area (Å²) in [6.45, 7) is 11.7. The highest BCUT2D eigenvalue weighted by molar-refractivity contribution is 6.10. The molecular weight excluding hydrogens is 689 g/mol. The Bertz CT molecular complexity index is 3070. The molecule has 2 aliphatic carbocycles. The number of nitrogens with zero attached hydrogens (tertiary/aromatic N) is 2. The van der Waals surface area contributed by atoms with Crippen LogP contribution in [0.25, 0.3) is 60.9 Å². The molecule has 0 fully saturated rings. The molecule has 8 aromatic carbocycles. The molecule has 0 spiro atoms. The fourth-order valence-corrected chi connectivity index (χ4v) is 10.0. The number of aromatic nitrogens is 1. The Balaban J connectivity index is 1.01. The summed E-state index contributed by atoms with van der Waals surface area (Å²) in [6, 6.07) is 65.7. The predicted molar refractivity (Wildman–Crippen MR) is 241 cm³/mol. The molecule has 11 rings (SSSR count). The molecular formula is C55H44N2. The van der Waals surface area contributed by atoms with E-state index in [4.69, 9.17) is 0 Å². The predicted octanol–water partition coefficient (Wildman–Crippen LogP) is 14.8. The average Bonchev–Trinajstić information content (AvgIpc) is 3.78. The molecule has 0 atom stereocenters. The fourth-order valence-electron chi connectivity index (χ4n) is 10.0. The third-order valence-electron chi connectivity index (χ3n) is 13.1. The molecule has 0 aliphatic heterocycles. The van der Waals surface area contributed by atoms with Crippen molar-refractivity contribution < 1.29 is 0 Å². The Hall–Kier alpha value is -6.64. The van der Waals surface area contributed by atoms with Gasteiger partial charge in [-0.15, -0.1) is 0 Å². The molecule has 0 bridgehead atoms. The molecule has 0 radical (unpaired) electrons. The van der Waals surface area contributed by atoms with Gasteiger partial charge in [-0.1, -0.05) is 136 Å². The van der Waals surface area contributed by atoms with E-state index in [1.54, 1.807) is 0 Å². The van der Waals surface area contributed by atoms with E-state index in [0.717, 1.165) is 5.69 Å². The third kappa shape index (κ3) is 4.96. The maximum Gasteiger partial charge on any atom is 0.0541 e. The summed E-state index contributed by atoms with van der Waals surface area (Å²) in [7, 11) is 0. The van der Waals surface area contributed by atoms with Crippen molar-refractivity contribution in [1.29, 1.82) is 0 Å². The molecule has 274 valence electrons. The molecule has 0 saturated carbocycles. The van der Waals surface area contributed by atoms with E-state index in [9.17, 15) is 0 Å². The highest BCUT2D eigenvalue weighted by atomic mass is 15.1. The summed E-state index contributed by atoms with van der Waals surface area (Å²) in [5, 5.41) is 2.55. The normalized spacial score (nSPS) is 14.3. The molecule has 2 heteroatoms. The fraction of sp³-hybridized carbons (Fsp3) is 0.127. The van der Waals surface area contributed by atoms with E-state index < -0.39 is 0 Å². The zero-order chi connectivity index (χ0) is 38.6. The van der Waals surface area contributed by atoms with Gasteiger partial charge in [0.05, 0.1) is 11.0 Å². The van der Waals surface area contributed by atoms with Crippen LogP contribution in [0.15, 0.2) is 176 Å². The van der Waals surface area contributed by atoms with E-state index in [-0.39, 0.29) is 10.8 Å². The van der Waals surface area contributed by atoms with Crippen molar-refractivity contribution in [1.82, 2.24) is 4.57 Å². The van der Waals surface area contributed by atoms with Crippen LogP contribution in [0.2, 0.25) is 0 Å². The second kappa shape index (κ2) is 12.2. The highest BCUT2D eigenvalue weighted by Crippen LogP contribution is 2.53. The van der Waals surface area contributed by atoms with Crippen molar-refractivity contribution in [2.24, 2.45) is 0 Å². The van der Waals surface area contributed by atoms with Gasteiger partial charge in [-0.2, -0.15) is 0 Å². The Morgan fingerprint density at radius 1 is 0.386 bits per heavy atom. The minimum absolute atomic E-state index is 0.0797. The van der Waals surface area contributed by atoms with Gasteiger partial charge in [0.1, 0.15) is 0 Å². The molecule has 0 N–H and O–H groups in total. The SMILES string of the molecule is Cc1ccc(N(c2ccc3c(c2)C(C)(C)c2ccccc2-3)c2ccc3c(c2)C(C)(C)c2cc(-c4ccc5c(c4)c4ccccc4n5-c4ccccc4)ccc2-3)cc1. The number of aryl methyl sites for hydroxylation is 1. The summed E-state index contributed by atoms with van der Waals surface area (Å²) in [4.78, 5) is 2.45. The molecule has 9 aromatic rings. The van der Waals surface area contributed by atoms with Gasteiger partial charge >= 0.3 is 0 Å². The van der Waals surface area contributed by atoms with Gasteiger partial charge in [-0.05, 0) is 135 Å². The van der Waals surface area contributed by atoms with E-state index in [2.05, 4.69) is 220 Å². The van der Waals surface area contributed by atoms with Crippen molar-refractivity contribution in [3.8, 4) is 39.1 Å². The first-order chi connectivity index (χ1) is 27.7. The van der Waals surface area contributed by atoms with Gasteiger partial charge in [0.15, 0.2) is 0 Å². The second-order valence-corrected chi connectivity index (χ2v) is 17.1. The zero-order valence-electron chi connectivity index (χ0n) is 33.1.